The SMILES string of the molecule is C=CC.C=CC1=C(C)c2cccc3c(-n4c5ccc(-c6ccccc6)cc5c5cc(-c6ccc7c(c6)c6cc(-c8ccccc8)ccc6n7C6C=CC=CC6)ccc54)ccc1c23. The lowest BCUT2D eigenvalue weighted by Crippen LogP contribution is -2.06. The van der Waals surface area contributed by atoms with Crippen LogP contribution in [0.4, 0.5) is 0 Å². The third-order valence-corrected chi connectivity index (χ3v) is 13.0. The molecule has 2 heterocycles. The van der Waals surface area contributed by atoms with Crippen molar-refractivity contribution in [3.05, 3.63) is 225 Å². The first kappa shape index (κ1) is 37.3. The van der Waals surface area contributed by atoms with E-state index in [1.807, 2.05) is 13.0 Å². The normalized spacial score (nSPS) is 14.3. The molecule has 0 radical (unpaired) electrons. The maximum absolute atomic E-state index is 4.18. The number of benzene rings is 8. The highest BCUT2D eigenvalue weighted by atomic mass is 15.0. The van der Waals surface area contributed by atoms with Crippen molar-refractivity contribution in [2.45, 2.75) is 26.3 Å². The van der Waals surface area contributed by atoms with E-state index in [-0.39, 0.29) is 6.04 Å². The molecule has 1 atom stereocenters. The lowest BCUT2D eigenvalue weighted by molar-refractivity contribution is 0.648. The van der Waals surface area contributed by atoms with Crippen LogP contribution in [-0.2, 0) is 0 Å². The van der Waals surface area contributed by atoms with Gasteiger partial charge in [-0.25, -0.2) is 0 Å². The Morgan fingerprint density at radius 2 is 1.02 bits per heavy atom. The monoisotopic (exact) mass is 794 g/mol. The van der Waals surface area contributed by atoms with Gasteiger partial charge in [0.1, 0.15) is 0 Å². The molecule has 62 heavy (non-hydrogen) atoms. The molecule has 0 saturated heterocycles. The van der Waals surface area contributed by atoms with Gasteiger partial charge < -0.3 is 9.13 Å². The van der Waals surface area contributed by atoms with Gasteiger partial charge in [0.15, 0.2) is 0 Å². The first-order chi connectivity index (χ1) is 30.6. The van der Waals surface area contributed by atoms with E-state index in [9.17, 15) is 0 Å². The van der Waals surface area contributed by atoms with E-state index in [2.05, 4.69) is 217 Å². The summed E-state index contributed by atoms with van der Waals surface area (Å²) in [7, 11) is 0. The molecule has 2 aromatic heterocycles. The van der Waals surface area contributed by atoms with Crippen LogP contribution in [-0.4, -0.2) is 9.13 Å². The summed E-state index contributed by atoms with van der Waals surface area (Å²) in [5.41, 5.74) is 18.5. The Kier molecular flexibility index (Phi) is 9.09. The van der Waals surface area contributed by atoms with Crippen molar-refractivity contribution in [1.82, 2.24) is 9.13 Å². The van der Waals surface area contributed by atoms with Crippen LogP contribution in [0.15, 0.2) is 213 Å². The van der Waals surface area contributed by atoms with Crippen LogP contribution in [0, 0.1) is 0 Å². The van der Waals surface area contributed by atoms with Crippen LogP contribution in [0.2, 0.25) is 0 Å². The van der Waals surface area contributed by atoms with Crippen LogP contribution < -0.4 is 0 Å². The van der Waals surface area contributed by atoms with Gasteiger partial charge in [0.2, 0.25) is 0 Å². The third-order valence-electron chi connectivity index (χ3n) is 13.0. The number of aromatic nitrogens is 2. The molecule has 2 aliphatic carbocycles. The van der Waals surface area contributed by atoms with E-state index in [1.165, 1.54) is 116 Å². The van der Waals surface area contributed by atoms with Crippen LogP contribution in [0.5, 0.6) is 0 Å². The average molecular weight is 795 g/mol. The number of hydrogen-bond donors (Lipinski definition) is 0. The minimum Gasteiger partial charge on any atom is -0.333 e. The van der Waals surface area contributed by atoms with Crippen molar-refractivity contribution < 1.29 is 0 Å². The van der Waals surface area contributed by atoms with E-state index in [0.29, 0.717) is 0 Å². The predicted molar refractivity (Wildman–Crippen MR) is 268 cm³/mol. The molecule has 0 amide bonds. The molecule has 12 rings (SSSR count). The molecule has 0 aliphatic heterocycles. The highest BCUT2D eigenvalue weighted by molar-refractivity contribution is 6.19. The van der Waals surface area contributed by atoms with Crippen LogP contribution in [0.3, 0.4) is 0 Å². The third kappa shape index (κ3) is 5.86. The standard InChI is InChI=1S/C57H40N2.C3H6/c1-3-44-36(2)45-20-13-21-47-52(31-26-46(44)57(45)47)59-55-29-23-40(38-16-9-5-10-17-38)33-50(55)51-35-42(25-30-56(51)59)41-24-28-54-49(34-41)48-32-39(37-14-7-4-8-15-37)22-27-53(48)58(54)43-18-11-6-12-19-43;1-3-2/h3-18,20-35,43H,1,19H2,2H3;3H,1H2,2H3. The second-order valence-corrected chi connectivity index (χ2v) is 16.5. The Morgan fingerprint density at radius 1 is 0.500 bits per heavy atom. The molecule has 2 aliphatic rings. The maximum Gasteiger partial charge on any atom is 0.0560 e. The molecule has 8 aromatic carbocycles. The topological polar surface area (TPSA) is 9.86 Å². The second-order valence-electron chi connectivity index (χ2n) is 16.5. The molecule has 1 unspecified atom stereocenters. The zero-order chi connectivity index (χ0) is 41.9. The van der Waals surface area contributed by atoms with Gasteiger partial charge >= 0.3 is 0 Å². The quantitative estimate of drug-likeness (QED) is 0.148. The van der Waals surface area contributed by atoms with Crippen LogP contribution >= 0.6 is 0 Å². The largest absolute Gasteiger partial charge is 0.333 e. The molecule has 0 bridgehead atoms. The van der Waals surface area contributed by atoms with Crippen molar-refractivity contribution in [3.8, 4) is 39.1 Å². The second kappa shape index (κ2) is 15.1. The molecule has 296 valence electrons. The molecule has 10 aromatic rings. The molecular formula is C60H46N2. The molecule has 0 spiro atoms. The van der Waals surface area contributed by atoms with E-state index in [4.69, 9.17) is 0 Å². The Balaban J connectivity index is 0.00000140. The summed E-state index contributed by atoms with van der Waals surface area (Å²) in [5, 5.41) is 7.62. The first-order valence-corrected chi connectivity index (χ1v) is 21.6. The predicted octanol–water partition coefficient (Wildman–Crippen LogP) is 16.7. The van der Waals surface area contributed by atoms with Crippen LogP contribution in [0.1, 0.15) is 37.4 Å². The molecule has 0 saturated carbocycles. The summed E-state index contributed by atoms with van der Waals surface area (Å²) >= 11 is 0. The Morgan fingerprint density at radius 3 is 1.53 bits per heavy atom. The average Bonchev–Trinajstić information content (AvgIpc) is 3.94. The molecule has 0 fully saturated rings. The van der Waals surface area contributed by atoms with E-state index < -0.39 is 0 Å². The van der Waals surface area contributed by atoms with Crippen molar-refractivity contribution in [1.29, 1.82) is 0 Å². The lowest BCUT2D eigenvalue weighted by atomic mass is 9.98. The van der Waals surface area contributed by atoms with Gasteiger partial charge in [-0.15, -0.1) is 6.58 Å². The van der Waals surface area contributed by atoms with Crippen LogP contribution in [0.25, 0.3) is 105 Å². The highest BCUT2D eigenvalue weighted by Gasteiger charge is 2.24. The number of nitrogens with zero attached hydrogens (tertiary/aromatic N) is 2. The Hall–Kier alpha value is -7.68. The van der Waals surface area contributed by atoms with Gasteiger partial charge in [0.25, 0.3) is 0 Å². The lowest BCUT2D eigenvalue weighted by Gasteiger charge is -2.18. The summed E-state index contributed by atoms with van der Waals surface area (Å²) in [5.74, 6) is 0. The summed E-state index contributed by atoms with van der Waals surface area (Å²) in [6.07, 6.45) is 13.7. The molecule has 0 N–H and O–H groups in total. The zero-order valence-electron chi connectivity index (χ0n) is 35.1. The molecule has 2 heteroatoms. The van der Waals surface area contributed by atoms with Gasteiger partial charge in [0.05, 0.1) is 22.8 Å². The number of hydrogen-bond acceptors (Lipinski definition) is 0. The minimum absolute atomic E-state index is 0.267. The van der Waals surface area contributed by atoms with Gasteiger partial charge in [-0.1, -0.05) is 152 Å². The Bertz CT molecular complexity index is 3530. The van der Waals surface area contributed by atoms with Crippen molar-refractivity contribution in [2.24, 2.45) is 0 Å². The number of fused-ring (bicyclic) bond motifs is 6. The van der Waals surface area contributed by atoms with Gasteiger partial charge in [-0.3, -0.25) is 0 Å². The summed E-state index contributed by atoms with van der Waals surface area (Å²) < 4.78 is 5.03. The smallest absolute Gasteiger partial charge is 0.0560 e. The van der Waals surface area contributed by atoms with E-state index >= 15 is 0 Å². The summed E-state index contributed by atoms with van der Waals surface area (Å²) in [6, 6.07) is 61.3. The van der Waals surface area contributed by atoms with E-state index in [1.54, 1.807) is 6.08 Å². The summed E-state index contributed by atoms with van der Waals surface area (Å²) in [6.45, 7) is 11.7. The fourth-order valence-corrected chi connectivity index (χ4v) is 10.2. The fraction of sp³-hybridized carbons (Fsp3) is 0.0667. The van der Waals surface area contributed by atoms with Crippen molar-refractivity contribution >= 4 is 65.5 Å². The molecular weight excluding hydrogens is 749 g/mol. The van der Waals surface area contributed by atoms with Gasteiger partial charge in [-0.2, -0.15) is 0 Å². The van der Waals surface area contributed by atoms with E-state index in [0.717, 1.165) is 6.42 Å². The van der Waals surface area contributed by atoms with Gasteiger partial charge in [-0.05, 0) is 136 Å². The summed E-state index contributed by atoms with van der Waals surface area (Å²) in [4.78, 5) is 0. The van der Waals surface area contributed by atoms with Crippen molar-refractivity contribution in [3.63, 3.8) is 0 Å². The number of allylic oxidation sites excluding steroid dienone is 8. The maximum atomic E-state index is 4.18. The fourth-order valence-electron chi connectivity index (χ4n) is 10.2. The van der Waals surface area contributed by atoms with Crippen molar-refractivity contribution in [2.75, 3.05) is 0 Å². The zero-order valence-corrected chi connectivity index (χ0v) is 35.1. The highest BCUT2D eigenvalue weighted by Crippen LogP contribution is 2.46. The first-order valence-electron chi connectivity index (χ1n) is 21.6. The van der Waals surface area contributed by atoms with Gasteiger partial charge in [0, 0.05) is 38.0 Å². The Labute approximate surface area is 363 Å². The minimum atomic E-state index is 0.267. The number of rotatable bonds is 6. The molecule has 2 nitrogen and oxygen atoms in total.